The second-order valence-corrected chi connectivity index (χ2v) is 5.84. The quantitative estimate of drug-likeness (QED) is 0.529. The Morgan fingerprint density at radius 2 is 1.82 bits per heavy atom. The van der Waals surface area contributed by atoms with E-state index in [2.05, 4.69) is 11.3 Å². The van der Waals surface area contributed by atoms with Gasteiger partial charge < -0.3 is 9.47 Å². The normalized spacial score (nSPS) is 18.6. The highest BCUT2D eigenvalue weighted by atomic mass is 19.3. The van der Waals surface area contributed by atoms with Crippen LogP contribution in [0.5, 0.6) is 0 Å². The zero-order valence-corrected chi connectivity index (χ0v) is 13.4. The van der Waals surface area contributed by atoms with Crippen LogP contribution < -0.4 is 0 Å². The Labute approximate surface area is 129 Å². The first-order valence-corrected chi connectivity index (χ1v) is 7.66. The largest absolute Gasteiger partial charge is 0.455 e. The number of alkyl halides is 2. The molecule has 4 nitrogen and oxygen atoms in total. The third-order valence-corrected chi connectivity index (χ3v) is 4.11. The molecule has 0 aliphatic heterocycles. The number of carbonyl (C=O) groups excluding carboxylic acids is 2. The van der Waals surface area contributed by atoms with Gasteiger partial charge in [0, 0.05) is 5.57 Å². The van der Waals surface area contributed by atoms with Crippen molar-refractivity contribution in [3.63, 3.8) is 0 Å². The lowest BCUT2D eigenvalue weighted by Gasteiger charge is -2.31. The lowest BCUT2D eigenvalue weighted by molar-refractivity contribution is -0.209. The average molecular weight is 318 g/mol. The van der Waals surface area contributed by atoms with E-state index in [0.717, 1.165) is 12.8 Å². The molecule has 0 radical (unpaired) electrons. The molecule has 1 fully saturated rings. The molecule has 1 saturated carbocycles. The summed E-state index contributed by atoms with van der Waals surface area (Å²) in [5.41, 5.74) is -0.805. The molecular weight excluding hydrogens is 294 g/mol. The molecule has 0 amide bonds. The zero-order chi connectivity index (χ0) is 17.0. The van der Waals surface area contributed by atoms with E-state index in [-0.39, 0.29) is 12.0 Å². The molecule has 0 spiro atoms. The molecule has 1 aliphatic rings. The minimum Gasteiger partial charge on any atom is -0.455 e. The summed E-state index contributed by atoms with van der Waals surface area (Å²) >= 11 is 0. The highest BCUT2D eigenvalue weighted by Crippen LogP contribution is 2.38. The van der Waals surface area contributed by atoms with Crippen molar-refractivity contribution in [2.75, 3.05) is 0 Å². The average Bonchev–Trinajstić information content (AvgIpc) is 2.92. The van der Waals surface area contributed by atoms with E-state index < -0.39 is 29.6 Å². The number of esters is 2. The lowest BCUT2D eigenvalue weighted by Crippen LogP contribution is -2.48. The maximum absolute atomic E-state index is 14.3. The van der Waals surface area contributed by atoms with Crippen LogP contribution >= 0.6 is 0 Å². The van der Waals surface area contributed by atoms with Gasteiger partial charge in [-0.2, -0.15) is 8.78 Å². The van der Waals surface area contributed by atoms with Gasteiger partial charge in [-0.15, -0.1) is 0 Å². The van der Waals surface area contributed by atoms with E-state index >= 15 is 0 Å². The molecule has 0 saturated heterocycles. The van der Waals surface area contributed by atoms with Gasteiger partial charge in [-0.1, -0.05) is 20.4 Å². The van der Waals surface area contributed by atoms with Gasteiger partial charge in [0.15, 0.2) is 6.10 Å². The van der Waals surface area contributed by atoms with E-state index in [1.165, 1.54) is 13.8 Å². The van der Waals surface area contributed by atoms with Crippen LogP contribution in [-0.2, 0) is 19.1 Å². The number of rotatable bonds is 7. The third-order valence-electron chi connectivity index (χ3n) is 4.11. The van der Waals surface area contributed by atoms with Crippen molar-refractivity contribution in [1.82, 2.24) is 0 Å². The van der Waals surface area contributed by atoms with Crippen molar-refractivity contribution in [2.24, 2.45) is 0 Å². The maximum Gasteiger partial charge on any atom is 0.381 e. The van der Waals surface area contributed by atoms with E-state index in [1.807, 2.05) is 6.92 Å². The maximum atomic E-state index is 14.3. The molecule has 0 aromatic heterocycles. The van der Waals surface area contributed by atoms with Gasteiger partial charge in [0.25, 0.3) is 0 Å². The molecule has 0 bridgehead atoms. The molecule has 1 unspecified atom stereocenters. The third kappa shape index (κ3) is 4.05. The van der Waals surface area contributed by atoms with Crippen LogP contribution in [0.15, 0.2) is 12.2 Å². The molecule has 1 atom stereocenters. The summed E-state index contributed by atoms with van der Waals surface area (Å²) in [6.07, 6.45) is 1.35. The van der Waals surface area contributed by atoms with Crippen molar-refractivity contribution in [3.05, 3.63) is 12.2 Å². The van der Waals surface area contributed by atoms with Crippen molar-refractivity contribution < 1.29 is 27.8 Å². The van der Waals surface area contributed by atoms with Crippen LogP contribution in [0.3, 0.4) is 0 Å². The molecule has 1 aliphatic carbocycles. The van der Waals surface area contributed by atoms with Gasteiger partial charge in [0.05, 0.1) is 0 Å². The standard InChI is InChI=1S/C16H24F2O4/c1-5-12(21-13(19)11(3)4)16(17,18)14(20)22-15(6-2)9-7-8-10-15/h12H,3,5-10H2,1-2,4H3. The van der Waals surface area contributed by atoms with Crippen molar-refractivity contribution in [2.45, 2.75) is 76.9 Å². The van der Waals surface area contributed by atoms with Crippen LogP contribution in [-0.4, -0.2) is 29.6 Å². The van der Waals surface area contributed by atoms with Gasteiger partial charge in [-0.05, 0) is 45.4 Å². The Bertz CT molecular complexity index is 439. The number of halogens is 2. The number of ether oxygens (including phenoxy) is 2. The molecule has 0 heterocycles. The monoisotopic (exact) mass is 318 g/mol. The molecule has 0 aromatic carbocycles. The molecule has 6 heteroatoms. The van der Waals surface area contributed by atoms with Crippen LogP contribution in [0, 0.1) is 0 Å². The smallest absolute Gasteiger partial charge is 0.381 e. The zero-order valence-electron chi connectivity index (χ0n) is 13.4. The minimum absolute atomic E-state index is 0.00318. The first-order valence-electron chi connectivity index (χ1n) is 7.66. The minimum atomic E-state index is -3.87. The van der Waals surface area contributed by atoms with Crippen molar-refractivity contribution >= 4 is 11.9 Å². The summed E-state index contributed by atoms with van der Waals surface area (Å²) in [5, 5.41) is 0. The van der Waals surface area contributed by atoms with E-state index in [0.29, 0.717) is 19.3 Å². The molecule has 126 valence electrons. The Kier molecular flexibility index (Phi) is 6.08. The highest BCUT2D eigenvalue weighted by molar-refractivity contribution is 5.88. The molecular formula is C16H24F2O4. The second kappa shape index (κ2) is 7.20. The SMILES string of the molecule is C=C(C)C(=O)OC(CC)C(F)(F)C(=O)OC1(CC)CCCC1. The molecule has 0 N–H and O–H groups in total. The fourth-order valence-electron chi connectivity index (χ4n) is 2.59. The van der Waals surface area contributed by atoms with Gasteiger partial charge in [0.2, 0.25) is 0 Å². The van der Waals surface area contributed by atoms with E-state index in [4.69, 9.17) is 4.74 Å². The Hall–Kier alpha value is -1.46. The molecule has 1 rings (SSSR count). The Morgan fingerprint density at radius 3 is 2.23 bits per heavy atom. The summed E-state index contributed by atoms with van der Waals surface area (Å²) in [6, 6.07) is 0. The van der Waals surface area contributed by atoms with Crippen LogP contribution in [0.25, 0.3) is 0 Å². The first kappa shape index (κ1) is 18.6. The van der Waals surface area contributed by atoms with Crippen LogP contribution in [0.2, 0.25) is 0 Å². The predicted molar refractivity (Wildman–Crippen MR) is 77.5 cm³/mol. The number of carbonyl (C=O) groups is 2. The summed E-state index contributed by atoms with van der Waals surface area (Å²) in [4.78, 5) is 23.4. The molecule has 22 heavy (non-hydrogen) atoms. The fraction of sp³-hybridized carbons (Fsp3) is 0.750. The van der Waals surface area contributed by atoms with E-state index in [9.17, 15) is 18.4 Å². The summed E-state index contributed by atoms with van der Waals surface area (Å²) < 4.78 is 38.4. The van der Waals surface area contributed by atoms with Crippen molar-refractivity contribution in [1.29, 1.82) is 0 Å². The number of hydrogen-bond donors (Lipinski definition) is 0. The fourth-order valence-corrected chi connectivity index (χ4v) is 2.59. The topological polar surface area (TPSA) is 52.6 Å². The van der Waals surface area contributed by atoms with Crippen LogP contribution in [0.4, 0.5) is 8.78 Å². The number of hydrogen-bond acceptors (Lipinski definition) is 4. The van der Waals surface area contributed by atoms with E-state index in [1.54, 1.807) is 0 Å². The Balaban J connectivity index is 2.82. The van der Waals surface area contributed by atoms with Gasteiger partial charge in [-0.3, -0.25) is 0 Å². The van der Waals surface area contributed by atoms with Gasteiger partial charge in [0.1, 0.15) is 5.60 Å². The van der Waals surface area contributed by atoms with Crippen LogP contribution in [0.1, 0.15) is 59.3 Å². The van der Waals surface area contributed by atoms with Gasteiger partial charge >= 0.3 is 17.9 Å². The van der Waals surface area contributed by atoms with Gasteiger partial charge in [-0.25, -0.2) is 9.59 Å². The second-order valence-electron chi connectivity index (χ2n) is 5.84. The highest BCUT2D eigenvalue weighted by Gasteiger charge is 2.53. The Morgan fingerprint density at radius 1 is 1.27 bits per heavy atom. The predicted octanol–water partition coefficient (Wildman–Crippen LogP) is 3.79. The summed E-state index contributed by atoms with van der Waals surface area (Å²) in [5.74, 6) is -6.42. The summed E-state index contributed by atoms with van der Waals surface area (Å²) in [7, 11) is 0. The molecule has 0 aromatic rings. The first-order chi connectivity index (χ1) is 10.2. The lowest BCUT2D eigenvalue weighted by atomic mass is 9.98. The summed E-state index contributed by atoms with van der Waals surface area (Å²) in [6.45, 7) is 7.93. The van der Waals surface area contributed by atoms with Crippen molar-refractivity contribution in [3.8, 4) is 0 Å².